The molecule has 2 aliphatic heterocycles. The van der Waals surface area contributed by atoms with E-state index >= 15 is 0 Å². The molecular weight excluding hydrogens is 360 g/mol. The van der Waals surface area contributed by atoms with Crippen molar-refractivity contribution in [1.82, 2.24) is 0 Å². The first-order valence-electron chi connectivity index (χ1n) is 10.4. The minimum Gasteiger partial charge on any atom is -0.414 e. The molecule has 2 rings (SSSR count). The van der Waals surface area contributed by atoms with Crippen molar-refractivity contribution in [1.29, 1.82) is 0 Å². The SMILES string of the molecule is C/C=C\[C@@H]1C[C@@H]2O[Si](C(C)C)(C(C)C)O[Si](C(C)C)(C(C)C)OC[C@H]2O1. The monoisotopic (exact) mass is 400 g/mol. The first kappa shape index (κ1) is 22.3. The molecule has 6 heteroatoms. The van der Waals surface area contributed by atoms with Crippen molar-refractivity contribution in [2.24, 2.45) is 0 Å². The minimum atomic E-state index is -2.49. The van der Waals surface area contributed by atoms with E-state index in [-0.39, 0.29) is 18.3 Å². The summed E-state index contributed by atoms with van der Waals surface area (Å²) in [6.07, 6.45) is 5.30. The topological polar surface area (TPSA) is 36.9 Å². The number of allylic oxidation sites excluding steroid dienone is 1. The fraction of sp³-hybridized carbons (Fsp3) is 0.900. The first-order chi connectivity index (χ1) is 12.1. The predicted molar refractivity (Wildman–Crippen MR) is 112 cm³/mol. The molecule has 0 radical (unpaired) electrons. The van der Waals surface area contributed by atoms with Crippen molar-refractivity contribution in [3.8, 4) is 0 Å². The second-order valence-corrected chi connectivity index (χ2v) is 18.0. The van der Waals surface area contributed by atoms with Gasteiger partial charge in [0.05, 0.1) is 18.8 Å². The van der Waals surface area contributed by atoms with Crippen LogP contribution >= 0.6 is 0 Å². The summed E-state index contributed by atoms with van der Waals surface area (Å²) < 4.78 is 27.2. The van der Waals surface area contributed by atoms with E-state index in [2.05, 4.69) is 67.5 Å². The van der Waals surface area contributed by atoms with Gasteiger partial charge in [-0.1, -0.05) is 67.5 Å². The molecule has 2 heterocycles. The van der Waals surface area contributed by atoms with Gasteiger partial charge in [-0.3, -0.25) is 0 Å². The molecule has 2 aliphatic rings. The third kappa shape index (κ3) is 4.05. The second-order valence-electron chi connectivity index (χ2n) is 9.11. The van der Waals surface area contributed by atoms with Gasteiger partial charge in [-0.25, -0.2) is 0 Å². The molecule has 152 valence electrons. The number of hydrogen-bond donors (Lipinski definition) is 0. The highest BCUT2D eigenvalue weighted by atomic mass is 28.5. The molecule has 3 atom stereocenters. The van der Waals surface area contributed by atoms with E-state index in [9.17, 15) is 0 Å². The molecule has 0 aliphatic carbocycles. The molecule has 0 amide bonds. The molecule has 0 aromatic rings. The van der Waals surface area contributed by atoms with Crippen LogP contribution in [0.2, 0.25) is 22.2 Å². The average Bonchev–Trinajstić information content (AvgIpc) is 2.88. The van der Waals surface area contributed by atoms with E-state index in [0.717, 1.165) is 6.42 Å². The van der Waals surface area contributed by atoms with Crippen molar-refractivity contribution in [2.75, 3.05) is 6.61 Å². The zero-order valence-corrected chi connectivity index (χ0v) is 20.2. The van der Waals surface area contributed by atoms with E-state index in [0.29, 0.717) is 28.8 Å². The highest BCUT2D eigenvalue weighted by Crippen LogP contribution is 2.47. The molecule has 0 aromatic carbocycles. The zero-order chi connectivity index (χ0) is 19.7. The van der Waals surface area contributed by atoms with Crippen molar-refractivity contribution in [2.45, 2.75) is 109 Å². The Morgan fingerprint density at radius 1 is 0.808 bits per heavy atom. The third-order valence-corrected chi connectivity index (χ3v) is 16.3. The number of fused-ring (bicyclic) bond motifs is 1. The zero-order valence-electron chi connectivity index (χ0n) is 18.2. The van der Waals surface area contributed by atoms with E-state index in [1.54, 1.807) is 0 Å². The fourth-order valence-electron chi connectivity index (χ4n) is 4.52. The molecule has 0 unspecified atom stereocenters. The van der Waals surface area contributed by atoms with E-state index in [1.807, 2.05) is 6.92 Å². The van der Waals surface area contributed by atoms with Gasteiger partial charge in [-0.05, 0) is 29.1 Å². The summed E-state index contributed by atoms with van der Waals surface area (Å²) >= 11 is 0. The van der Waals surface area contributed by atoms with Gasteiger partial charge >= 0.3 is 17.1 Å². The van der Waals surface area contributed by atoms with Crippen LogP contribution in [-0.2, 0) is 17.7 Å². The van der Waals surface area contributed by atoms with Crippen LogP contribution in [-0.4, -0.2) is 42.0 Å². The van der Waals surface area contributed by atoms with Crippen LogP contribution in [0.3, 0.4) is 0 Å². The van der Waals surface area contributed by atoms with Crippen LogP contribution < -0.4 is 0 Å². The molecule has 0 bridgehead atoms. The lowest BCUT2D eigenvalue weighted by atomic mass is 10.1. The lowest BCUT2D eigenvalue weighted by Gasteiger charge is -2.51. The Kier molecular flexibility index (Phi) is 7.36. The smallest absolute Gasteiger partial charge is 0.335 e. The molecular formula is C20H40O4Si2. The molecule has 0 saturated carbocycles. The van der Waals surface area contributed by atoms with Crippen molar-refractivity contribution >= 4 is 17.1 Å². The second kappa shape index (κ2) is 8.58. The van der Waals surface area contributed by atoms with E-state index in [4.69, 9.17) is 17.7 Å². The Morgan fingerprint density at radius 2 is 1.35 bits per heavy atom. The summed E-state index contributed by atoms with van der Waals surface area (Å²) in [4.78, 5) is 0. The highest BCUT2D eigenvalue weighted by molar-refractivity contribution is 6.83. The van der Waals surface area contributed by atoms with Crippen molar-refractivity contribution < 1.29 is 17.7 Å². The Hall–Kier alpha value is 0.0138. The number of hydrogen-bond acceptors (Lipinski definition) is 4. The molecule has 0 aromatic heterocycles. The van der Waals surface area contributed by atoms with Crippen molar-refractivity contribution in [3.05, 3.63) is 12.2 Å². The molecule has 2 saturated heterocycles. The van der Waals surface area contributed by atoms with Gasteiger partial charge in [-0.15, -0.1) is 0 Å². The number of ether oxygens (including phenoxy) is 1. The normalized spacial score (nSPS) is 31.8. The van der Waals surface area contributed by atoms with Gasteiger partial charge in [0, 0.05) is 6.42 Å². The Bertz CT molecular complexity index is 474. The quantitative estimate of drug-likeness (QED) is 0.440. The van der Waals surface area contributed by atoms with Gasteiger partial charge in [0.1, 0.15) is 6.10 Å². The molecule has 4 nitrogen and oxygen atoms in total. The highest BCUT2D eigenvalue weighted by Gasteiger charge is 2.59. The largest absolute Gasteiger partial charge is 0.414 e. The maximum Gasteiger partial charge on any atom is 0.335 e. The van der Waals surface area contributed by atoms with Gasteiger partial charge in [0.2, 0.25) is 0 Å². The third-order valence-electron chi connectivity index (χ3n) is 5.98. The van der Waals surface area contributed by atoms with Crippen LogP contribution in [0.4, 0.5) is 0 Å². The van der Waals surface area contributed by atoms with Crippen LogP contribution in [0.1, 0.15) is 68.7 Å². The summed E-state index contributed by atoms with van der Waals surface area (Å²) in [6.45, 7) is 20.7. The summed E-state index contributed by atoms with van der Waals surface area (Å²) in [7, 11) is -4.93. The van der Waals surface area contributed by atoms with Crippen LogP contribution in [0.5, 0.6) is 0 Å². The van der Waals surface area contributed by atoms with Gasteiger partial charge in [0.25, 0.3) is 0 Å². The Labute approximate surface area is 163 Å². The van der Waals surface area contributed by atoms with Crippen LogP contribution in [0.15, 0.2) is 12.2 Å². The van der Waals surface area contributed by atoms with Crippen LogP contribution in [0, 0.1) is 0 Å². The van der Waals surface area contributed by atoms with Crippen LogP contribution in [0.25, 0.3) is 0 Å². The van der Waals surface area contributed by atoms with E-state index < -0.39 is 17.1 Å². The molecule has 26 heavy (non-hydrogen) atoms. The lowest BCUT2D eigenvalue weighted by molar-refractivity contribution is -0.0299. The first-order valence-corrected chi connectivity index (χ1v) is 14.3. The van der Waals surface area contributed by atoms with Crippen molar-refractivity contribution in [3.63, 3.8) is 0 Å². The summed E-state index contributed by atoms with van der Waals surface area (Å²) in [5, 5.41) is 0. The maximum atomic E-state index is 7.18. The predicted octanol–water partition coefficient (Wildman–Crippen LogP) is 5.68. The summed E-state index contributed by atoms with van der Waals surface area (Å²) in [5.41, 5.74) is 1.49. The van der Waals surface area contributed by atoms with Gasteiger partial charge in [-0.2, -0.15) is 0 Å². The van der Waals surface area contributed by atoms with Gasteiger partial charge < -0.3 is 17.7 Å². The molecule has 0 N–H and O–H groups in total. The molecule has 0 spiro atoms. The summed E-state index contributed by atoms with van der Waals surface area (Å²) in [6, 6.07) is 0. The minimum absolute atomic E-state index is 0.00819. The standard InChI is InChI=1S/C20H40O4Si2/c1-10-11-18-12-19-20(22-18)13-21-25(14(2)3,15(4)5)24-26(23-19,16(6)7)17(8)9/h10-11,14-20H,12-13H2,1-9H3/b11-10-/t18-,19+,20-/m1/s1. The van der Waals surface area contributed by atoms with Gasteiger partial charge in [0.15, 0.2) is 0 Å². The van der Waals surface area contributed by atoms with E-state index in [1.165, 1.54) is 0 Å². The fourth-order valence-corrected chi connectivity index (χ4v) is 15.7. The summed E-state index contributed by atoms with van der Waals surface area (Å²) in [5.74, 6) is 0. The Balaban J connectivity index is 2.47. The maximum absolute atomic E-state index is 7.18. The number of rotatable bonds is 5. The molecule has 2 fully saturated rings. The average molecular weight is 401 g/mol. The lowest BCUT2D eigenvalue weighted by Crippen LogP contribution is -2.65. The Morgan fingerprint density at radius 3 is 1.81 bits per heavy atom.